The van der Waals surface area contributed by atoms with Crippen molar-refractivity contribution in [3.8, 4) is 0 Å². The summed E-state index contributed by atoms with van der Waals surface area (Å²) < 4.78 is 1.90. The molecule has 3 rings (SSSR count). The number of aliphatic imine (C=N–C) groups is 1. The van der Waals surface area contributed by atoms with Gasteiger partial charge in [0.15, 0.2) is 5.96 Å². The highest BCUT2D eigenvalue weighted by Crippen LogP contribution is 2.26. The lowest BCUT2D eigenvalue weighted by molar-refractivity contribution is 0.331. The lowest BCUT2D eigenvalue weighted by Gasteiger charge is -2.21. The summed E-state index contributed by atoms with van der Waals surface area (Å²) >= 11 is 0. The number of aromatic nitrogens is 2. The molecule has 7 heteroatoms. The highest BCUT2D eigenvalue weighted by atomic mass is 127. The SMILES string of the molecule is CCNC(=NCCCCN1CCCC1)N1CCC(c2cnn(C)c2)C1.I. The van der Waals surface area contributed by atoms with Gasteiger partial charge in [0, 0.05) is 45.3 Å². The average Bonchev–Trinajstić information content (AvgIpc) is 3.35. The quantitative estimate of drug-likeness (QED) is 0.286. The fourth-order valence-electron chi connectivity index (χ4n) is 3.94. The van der Waals surface area contributed by atoms with Crippen molar-refractivity contribution in [2.75, 3.05) is 45.8 Å². The predicted octanol–water partition coefficient (Wildman–Crippen LogP) is 2.67. The topological polar surface area (TPSA) is 48.7 Å². The van der Waals surface area contributed by atoms with Gasteiger partial charge in [-0.15, -0.1) is 24.0 Å². The van der Waals surface area contributed by atoms with E-state index in [-0.39, 0.29) is 24.0 Å². The Labute approximate surface area is 175 Å². The summed E-state index contributed by atoms with van der Waals surface area (Å²) in [4.78, 5) is 9.89. The minimum Gasteiger partial charge on any atom is -0.357 e. The van der Waals surface area contributed by atoms with E-state index in [1.807, 2.05) is 17.9 Å². The van der Waals surface area contributed by atoms with Crippen LogP contribution in [-0.2, 0) is 7.05 Å². The number of aryl methyl sites for hydroxylation is 1. The Morgan fingerprint density at radius 1 is 1.27 bits per heavy atom. The van der Waals surface area contributed by atoms with Crippen LogP contribution in [0.25, 0.3) is 0 Å². The third-order valence-electron chi connectivity index (χ3n) is 5.36. The standard InChI is InChI=1S/C19H34N6.HI/c1-3-20-19(21-9-4-5-10-24-11-6-7-12-24)25-13-8-17(16-25)18-14-22-23(2)15-18;/h14-15,17H,3-13,16H2,1-2H3,(H,20,21);1H. The van der Waals surface area contributed by atoms with Crippen molar-refractivity contribution < 1.29 is 0 Å². The molecule has 0 aliphatic carbocycles. The van der Waals surface area contributed by atoms with E-state index >= 15 is 0 Å². The second kappa shape index (κ2) is 11.1. The Bertz CT molecular complexity index is 552. The van der Waals surface area contributed by atoms with Gasteiger partial charge < -0.3 is 15.1 Å². The number of hydrogen-bond acceptors (Lipinski definition) is 3. The van der Waals surface area contributed by atoms with Crippen LogP contribution in [0, 0.1) is 0 Å². The number of unbranched alkanes of at least 4 members (excludes halogenated alkanes) is 1. The molecule has 1 N–H and O–H groups in total. The monoisotopic (exact) mass is 474 g/mol. The molecule has 2 aliphatic heterocycles. The van der Waals surface area contributed by atoms with E-state index in [0.29, 0.717) is 5.92 Å². The molecule has 6 nitrogen and oxygen atoms in total. The van der Waals surface area contributed by atoms with Crippen molar-refractivity contribution >= 4 is 29.9 Å². The first-order valence-electron chi connectivity index (χ1n) is 10.0. The molecule has 2 aliphatic rings. The number of rotatable bonds is 7. The van der Waals surface area contributed by atoms with Crippen molar-refractivity contribution in [2.24, 2.45) is 12.0 Å². The maximum atomic E-state index is 4.89. The van der Waals surface area contributed by atoms with Gasteiger partial charge in [-0.05, 0) is 64.2 Å². The first-order valence-corrected chi connectivity index (χ1v) is 10.0. The number of hydrogen-bond donors (Lipinski definition) is 1. The first-order chi connectivity index (χ1) is 12.3. The fraction of sp³-hybridized carbons (Fsp3) is 0.789. The molecule has 0 radical (unpaired) electrons. The third kappa shape index (κ3) is 6.11. The molecule has 1 aromatic heterocycles. The lowest BCUT2D eigenvalue weighted by atomic mass is 10.0. The van der Waals surface area contributed by atoms with Crippen LogP contribution in [0.2, 0.25) is 0 Å². The summed E-state index contributed by atoms with van der Waals surface area (Å²) in [6.45, 7) is 10.00. The van der Waals surface area contributed by atoms with Crippen LogP contribution in [-0.4, -0.2) is 71.4 Å². The Kier molecular flexibility index (Phi) is 9.18. The molecule has 0 bridgehead atoms. The smallest absolute Gasteiger partial charge is 0.193 e. The second-order valence-corrected chi connectivity index (χ2v) is 7.37. The van der Waals surface area contributed by atoms with Crippen LogP contribution in [0.3, 0.4) is 0 Å². The van der Waals surface area contributed by atoms with E-state index < -0.39 is 0 Å². The highest BCUT2D eigenvalue weighted by molar-refractivity contribution is 14.0. The molecule has 0 aromatic carbocycles. The maximum absolute atomic E-state index is 4.89. The molecular weight excluding hydrogens is 439 g/mol. The van der Waals surface area contributed by atoms with Crippen LogP contribution in [0.4, 0.5) is 0 Å². The summed E-state index contributed by atoms with van der Waals surface area (Å²) in [6, 6.07) is 0. The Hall–Kier alpha value is -0.830. The van der Waals surface area contributed by atoms with Crippen molar-refractivity contribution in [1.82, 2.24) is 24.9 Å². The Balaban J connectivity index is 0.00000243. The van der Waals surface area contributed by atoms with Gasteiger partial charge in [-0.25, -0.2) is 0 Å². The van der Waals surface area contributed by atoms with Crippen LogP contribution in [0.15, 0.2) is 17.4 Å². The number of nitrogens with one attached hydrogen (secondary N) is 1. The Morgan fingerprint density at radius 2 is 2.08 bits per heavy atom. The minimum atomic E-state index is 0. The number of likely N-dealkylation sites (tertiary alicyclic amines) is 2. The van der Waals surface area contributed by atoms with E-state index in [1.165, 1.54) is 57.3 Å². The molecule has 1 unspecified atom stereocenters. The van der Waals surface area contributed by atoms with Gasteiger partial charge in [-0.1, -0.05) is 0 Å². The number of nitrogens with zero attached hydrogens (tertiary/aromatic N) is 5. The van der Waals surface area contributed by atoms with Crippen LogP contribution < -0.4 is 5.32 Å². The first kappa shape index (κ1) is 21.5. The van der Waals surface area contributed by atoms with Gasteiger partial charge in [0.2, 0.25) is 0 Å². The average molecular weight is 474 g/mol. The zero-order valence-electron chi connectivity index (χ0n) is 16.4. The molecule has 148 valence electrons. The van der Waals surface area contributed by atoms with Crippen molar-refractivity contribution in [1.29, 1.82) is 0 Å². The van der Waals surface area contributed by atoms with Crippen LogP contribution in [0.1, 0.15) is 50.5 Å². The molecule has 2 fully saturated rings. The Morgan fingerprint density at radius 3 is 2.77 bits per heavy atom. The highest BCUT2D eigenvalue weighted by Gasteiger charge is 2.26. The molecular formula is C19H35IN6. The predicted molar refractivity (Wildman–Crippen MR) is 118 cm³/mol. The lowest BCUT2D eigenvalue weighted by Crippen LogP contribution is -2.40. The largest absolute Gasteiger partial charge is 0.357 e. The van der Waals surface area contributed by atoms with E-state index in [2.05, 4.69) is 33.3 Å². The van der Waals surface area contributed by atoms with Gasteiger partial charge in [-0.3, -0.25) is 9.67 Å². The van der Waals surface area contributed by atoms with E-state index in [1.54, 1.807) is 0 Å². The molecule has 26 heavy (non-hydrogen) atoms. The summed E-state index contributed by atoms with van der Waals surface area (Å²) in [5.41, 5.74) is 1.35. The minimum absolute atomic E-state index is 0. The number of guanidine groups is 1. The molecule has 2 saturated heterocycles. The second-order valence-electron chi connectivity index (χ2n) is 7.37. The maximum Gasteiger partial charge on any atom is 0.193 e. The molecule has 3 heterocycles. The zero-order valence-corrected chi connectivity index (χ0v) is 18.7. The normalized spacial score (nSPS) is 21.2. The summed E-state index contributed by atoms with van der Waals surface area (Å²) in [6.07, 6.45) is 10.6. The summed E-state index contributed by atoms with van der Waals surface area (Å²) in [5, 5.41) is 7.80. The molecule has 0 saturated carbocycles. The molecule has 1 aromatic rings. The fourth-order valence-corrected chi connectivity index (χ4v) is 3.94. The zero-order chi connectivity index (χ0) is 17.5. The molecule has 1 atom stereocenters. The van der Waals surface area contributed by atoms with Gasteiger partial charge in [-0.2, -0.15) is 5.10 Å². The molecule has 0 amide bonds. The van der Waals surface area contributed by atoms with Crippen molar-refractivity contribution in [2.45, 2.75) is 44.9 Å². The molecule has 0 spiro atoms. The van der Waals surface area contributed by atoms with Crippen LogP contribution in [0.5, 0.6) is 0 Å². The van der Waals surface area contributed by atoms with E-state index in [9.17, 15) is 0 Å². The summed E-state index contributed by atoms with van der Waals surface area (Å²) in [5.74, 6) is 1.67. The van der Waals surface area contributed by atoms with Gasteiger partial charge in [0.1, 0.15) is 0 Å². The van der Waals surface area contributed by atoms with Gasteiger partial charge in [0.25, 0.3) is 0 Å². The number of halogens is 1. The van der Waals surface area contributed by atoms with Crippen LogP contribution >= 0.6 is 24.0 Å². The van der Waals surface area contributed by atoms with E-state index in [4.69, 9.17) is 4.99 Å². The summed E-state index contributed by atoms with van der Waals surface area (Å²) in [7, 11) is 1.99. The van der Waals surface area contributed by atoms with E-state index in [0.717, 1.165) is 32.1 Å². The van der Waals surface area contributed by atoms with Crippen molar-refractivity contribution in [3.63, 3.8) is 0 Å². The third-order valence-corrected chi connectivity index (χ3v) is 5.36. The van der Waals surface area contributed by atoms with Crippen molar-refractivity contribution in [3.05, 3.63) is 18.0 Å². The van der Waals surface area contributed by atoms with Gasteiger partial charge >= 0.3 is 0 Å². The van der Waals surface area contributed by atoms with Gasteiger partial charge in [0.05, 0.1) is 6.20 Å².